The lowest BCUT2D eigenvalue weighted by Crippen LogP contribution is -2.40. The summed E-state index contributed by atoms with van der Waals surface area (Å²) >= 11 is 15.3. The largest absolute Gasteiger partial charge is 0.355 e. The van der Waals surface area contributed by atoms with Gasteiger partial charge in [0.05, 0.1) is 21.5 Å². The molecule has 0 aliphatic carbocycles. The number of rotatable bonds is 10. The minimum atomic E-state index is -3.89. The maximum atomic E-state index is 13.2. The van der Waals surface area contributed by atoms with E-state index in [1.807, 2.05) is 0 Å². The summed E-state index contributed by atoms with van der Waals surface area (Å²) in [4.78, 5) is 12.5. The van der Waals surface area contributed by atoms with Crippen molar-refractivity contribution in [3.05, 3.63) is 62.5 Å². The number of hydrogen-bond donors (Lipinski definition) is 1. The van der Waals surface area contributed by atoms with Crippen LogP contribution in [0.2, 0.25) is 10.0 Å². The Kier molecular flexibility index (Phi) is 9.43. The molecule has 2 aromatic rings. The van der Waals surface area contributed by atoms with E-state index in [0.29, 0.717) is 22.2 Å². The Labute approximate surface area is 190 Å². The summed E-state index contributed by atoms with van der Waals surface area (Å²) in [6, 6.07) is 11.2. The lowest BCUT2D eigenvalue weighted by Gasteiger charge is -2.22. The summed E-state index contributed by atoms with van der Waals surface area (Å²) in [7, 11) is -3.89. The molecule has 1 N–H and O–H groups in total. The van der Waals surface area contributed by atoms with E-state index < -0.39 is 10.0 Å². The number of amides is 1. The van der Waals surface area contributed by atoms with E-state index in [0.717, 1.165) is 28.0 Å². The Morgan fingerprint density at radius 2 is 1.76 bits per heavy atom. The highest BCUT2D eigenvalue weighted by Gasteiger charge is 2.27. The van der Waals surface area contributed by atoms with Crippen LogP contribution in [0.5, 0.6) is 0 Å². The van der Waals surface area contributed by atoms with E-state index in [1.54, 1.807) is 30.3 Å². The summed E-state index contributed by atoms with van der Waals surface area (Å²) in [6.45, 7) is 2.31. The average Bonchev–Trinajstić information content (AvgIpc) is 2.68. The standard InChI is InChI=1S/C20H23BrCl2N2O3S/c1-2-3-4-11-24-20(26)14-25(13-15-5-10-18(22)19(23)12-15)29(27,28)17-8-6-16(21)7-9-17/h5-10,12H,2-4,11,13-14H2,1H3,(H,24,26). The van der Waals surface area contributed by atoms with Gasteiger partial charge < -0.3 is 5.32 Å². The summed E-state index contributed by atoms with van der Waals surface area (Å²) in [6.07, 6.45) is 2.90. The molecular formula is C20H23BrCl2N2O3S. The van der Waals surface area contributed by atoms with Crippen molar-refractivity contribution in [1.82, 2.24) is 9.62 Å². The number of benzene rings is 2. The van der Waals surface area contributed by atoms with Crippen molar-refractivity contribution in [2.24, 2.45) is 0 Å². The van der Waals surface area contributed by atoms with E-state index in [1.165, 1.54) is 12.1 Å². The fraction of sp³-hybridized carbons (Fsp3) is 0.350. The van der Waals surface area contributed by atoms with Crippen molar-refractivity contribution in [1.29, 1.82) is 0 Å². The van der Waals surface area contributed by atoms with Gasteiger partial charge in [-0.25, -0.2) is 8.42 Å². The van der Waals surface area contributed by atoms with Crippen LogP contribution in [0.3, 0.4) is 0 Å². The zero-order valence-electron chi connectivity index (χ0n) is 16.0. The Balaban J connectivity index is 2.25. The molecule has 0 radical (unpaired) electrons. The molecule has 0 atom stereocenters. The van der Waals surface area contributed by atoms with Gasteiger partial charge in [0.2, 0.25) is 15.9 Å². The van der Waals surface area contributed by atoms with Crippen LogP contribution in [0.15, 0.2) is 51.8 Å². The predicted molar refractivity (Wildman–Crippen MR) is 121 cm³/mol. The SMILES string of the molecule is CCCCCNC(=O)CN(Cc1ccc(Cl)c(Cl)c1)S(=O)(=O)c1ccc(Br)cc1. The van der Waals surface area contributed by atoms with Crippen LogP contribution in [0, 0.1) is 0 Å². The summed E-state index contributed by atoms with van der Waals surface area (Å²) in [5.41, 5.74) is 0.638. The van der Waals surface area contributed by atoms with E-state index in [2.05, 4.69) is 28.2 Å². The van der Waals surface area contributed by atoms with Crippen LogP contribution in [0.1, 0.15) is 31.7 Å². The first kappa shape index (κ1) is 24.2. The molecule has 0 aliphatic rings. The quantitative estimate of drug-likeness (QED) is 0.434. The minimum absolute atomic E-state index is 0.00232. The lowest BCUT2D eigenvalue weighted by molar-refractivity contribution is -0.121. The van der Waals surface area contributed by atoms with Crippen molar-refractivity contribution < 1.29 is 13.2 Å². The van der Waals surface area contributed by atoms with Crippen molar-refractivity contribution >= 4 is 55.1 Å². The van der Waals surface area contributed by atoms with Gasteiger partial charge in [-0.15, -0.1) is 0 Å². The van der Waals surface area contributed by atoms with Crippen LogP contribution in [-0.4, -0.2) is 31.7 Å². The molecule has 0 spiro atoms. The Morgan fingerprint density at radius 1 is 1.07 bits per heavy atom. The van der Waals surface area contributed by atoms with Crippen molar-refractivity contribution in [2.45, 2.75) is 37.6 Å². The van der Waals surface area contributed by atoms with E-state index in [9.17, 15) is 13.2 Å². The first-order valence-corrected chi connectivity index (χ1v) is 12.2. The Morgan fingerprint density at radius 3 is 2.38 bits per heavy atom. The fourth-order valence-electron chi connectivity index (χ4n) is 2.64. The van der Waals surface area contributed by atoms with Crippen molar-refractivity contribution in [3.63, 3.8) is 0 Å². The third kappa shape index (κ3) is 7.26. The van der Waals surface area contributed by atoms with Crippen molar-refractivity contribution in [2.75, 3.05) is 13.1 Å². The zero-order chi connectivity index (χ0) is 21.4. The van der Waals surface area contributed by atoms with Crippen LogP contribution in [0.4, 0.5) is 0 Å². The molecule has 158 valence electrons. The minimum Gasteiger partial charge on any atom is -0.355 e. The van der Waals surface area contributed by atoms with Gasteiger partial charge >= 0.3 is 0 Å². The van der Waals surface area contributed by atoms with Gasteiger partial charge in [-0.05, 0) is 48.4 Å². The van der Waals surface area contributed by atoms with Gasteiger partial charge in [0.15, 0.2) is 0 Å². The first-order valence-electron chi connectivity index (χ1n) is 9.20. The molecule has 0 heterocycles. The third-order valence-corrected chi connectivity index (χ3v) is 7.29. The molecule has 5 nitrogen and oxygen atoms in total. The van der Waals surface area contributed by atoms with E-state index in [-0.39, 0.29) is 23.9 Å². The Bertz CT molecular complexity index is 937. The molecule has 2 aromatic carbocycles. The zero-order valence-corrected chi connectivity index (χ0v) is 19.9. The topological polar surface area (TPSA) is 66.5 Å². The molecule has 0 unspecified atom stereocenters. The molecule has 0 bridgehead atoms. The second-order valence-corrected chi connectivity index (χ2v) is 10.2. The molecule has 2 rings (SSSR count). The number of carbonyl (C=O) groups is 1. The highest BCUT2D eigenvalue weighted by atomic mass is 79.9. The molecule has 0 aromatic heterocycles. The number of nitrogens with zero attached hydrogens (tertiary/aromatic N) is 1. The van der Waals surface area contributed by atoms with Crippen LogP contribution in [-0.2, 0) is 21.4 Å². The second kappa shape index (κ2) is 11.3. The van der Waals surface area contributed by atoms with Crippen LogP contribution in [0.25, 0.3) is 0 Å². The second-order valence-electron chi connectivity index (χ2n) is 6.53. The number of unbranched alkanes of at least 4 members (excludes halogenated alkanes) is 2. The molecule has 0 saturated carbocycles. The maximum absolute atomic E-state index is 13.2. The third-order valence-electron chi connectivity index (χ3n) is 4.22. The number of nitrogens with one attached hydrogen (secondary N) is 1. The van der Waals surface area contributed by atoms with Crippen molar-refractivity contribution in [3.8, 4) is 0 Å². The van der Waals surface area contributed by atoms with Crippen LogP contribution >= 0.6 is 39.1 Å². The normalized spacial score (nSPS) is 11.6. The first-order chi connectivity index (χ1) is 13.7. The maximum Gasteiger partial charge on any atom is 0.243 e. The Hall–Kier alpha value is -1.12. The number of hydrogen-bond acceptors (Lipinski definition) is 3. The lowest BCUT2D eigenvalue weighted by atomic mass is 10.2. The summed E-state index contributed by atoms with van der Waals surface area (Å²) in [5.74, 6) is -0.346. The smallest absolute Gasteiger partial charge is 0.243 e. The van der Waals surface area contributed by atoms with E-state index in [4.69, 9.17) is 23.2 Å². The van der Waals surface area contributed by atoms with Gasteiger partial charge in [-0.3, -0.25) is 4.79 Å². The van der Waals surface area contributed by atoms with Gasteiger partial charge in [-0.1, -0.05) is 65.0 Å². The predicted octanol–water partition coefficient (Wildman–Crippen LogP) is 5.25. The number of sulfonamides is 1. The summed E-state index contributed by atoms with van der Waals surface area (Å²) < 4.78 is 28.3. The molecule has 0 saturated heterocycles. The fourth-order valence-corrected chi connectivity index (χ4v) is 4.61. The van der Waals surface area contributed by atoms with Crippen LogP contribution < -0.4 is 5.32 Å². The average molecular weight is 522 g/mol. The molecule has 0 aliphatic heterocycles. The van der Waals surface area contributed by atoms with E-state index >= 15 is 0 Å². The molecule has 1 amide bonds. The highest BCUT2D eigenvalue weighted by molar-refractivity contribution is 9.10. The molecule has 29 heavy (non-hydrogen) atoms. The summed E-state index contributed by atoms with van der Waals surface area (Å²) in [5, 5.41) is 3.50. The van der Waals surface area contributed by atoms with Gasteiger partial charge in [0, 0.05) is 17.6 Å². The highest BCUT2D eigenvalue weighted by Crippen LogP contribution is 2.25. The molecule has 0 fully saturated rings. The number of carbonyl (C=O) groups excluding carboxylic acids is 1. The number of halogens is 3. The molecular weight excluding hydrogens is 499 g/mol. The van der Waals surface area contributed by atoms with Gasteiger partial charge in [-0.2, -0.15) is 4.31 Å². The monoisotopic (exact) mass is 520 g/mol. The molecule has 9 heteroatoms. The van der Waals surface area contributed by atoms with Gasteiger partial charge in [0.25, 0.3) is 0 Å². The van der Waals surface area contributed by atoms with Gasteiger partial charge in [0.1, 0.15) is 0 Å².